The van der Waals surface area contributed by atoms with E-state index in [4.69, 9.17) is 18.9 Å². The van der Waals surface area contributed by atoms with Crippen LogP contribution >= 0.6 is 0 Å². The standard InChI is InChI=1S/C86H172O6/c1-69-29-17-33-73(5)41-25-49-81(13)57-61-89-67-85(65-87)91-63-59-83(15)52-28-44-76(8)36-20-32-72(4)40-24-48-80(12)56-54-78(10)46-22-38-70(2)30-18-34-74(6)42-26-50-82(14)58-62-90-68-86(66-88)92-64-60-84(16)51-27-43-75(7)35-19-31-71(3)39-23-47-79(11)55-53-77(9)45-21-37-69/h69-88H,17-68H2,1-16H3/t69-,70-,71-,72-,73+,74+,75+,76+,77-,78-,79-,80-,81+,82+,83+,84+,85-,86?/m0/s1. The largest absolute Gasteiger partial charge is 0.394 e. The van der Waals surface area contributed by atoms with E-state index in [0.717, 1.165) is 123 Å². The number of aliphatic hydroxyl groups is 2. The first kappa shape index (κ1) is 89.8. The zero-order chi connectivity index (χ0) is 68.0. The molecule has 0 spiro atoms. The van der Waals surface area contributed by atoms with Gasteiger partial charge in [-0.3, -0.25) is 0 Å². The molecule has 1 fully saturated rings. The molecule has 0 bridgehead atoms. The molecule has 1 unspecified atom stereocenters. The lowest BCUT2D eigenvalue weighted by Gasteiger charge is -2.19. The summed E-state index contributed by atoms with van der Waals surface area (Å²) in [6, 6.07) is 0. The SMILES string of the molecule is C[C@@H]1CCC[C@H](C)CCC[C@H](C)CC[C@@H](C)CCC[C@@H](C)CCC[C@@H](C)CCC[C@@H](C)CCO[C@@H](CO)COCC[C@H](C)CCC[C@H](C)CCC[C@H](C)CCC[C@H](C)CC[C@@H](C)CCC[C@@H](C)CCC[C@@H](C)CCC[C@@H](C)CCOC(CO)COCC[C@H](C)CCC1. The van der Waals surface area contributed by atoms with E-state index >= 15 is 0 Å². The summed E-state index contributed by atoms with van der Waals surface area (Å²) < 4.78 is 24.4. The second-order valence-electron chi connectivity index (χ2n) is 34.7. The summed E-state index contributed by atoms with van der Waals surface area (Å²) in [4.78, 5) is 0. The van der Waals surface area contributed by atoms with Gasteiger partial charge in [0.15, 0.2) is 0 Å². The molecule has 6 nitrogen and oxygen atoms in total. The zero-order valence-electron chi connectivity index (χ0n) is 65.7. The minimum Gasteiger partial charge on any atom is -0.394 e. The zero-order valence-corrected chi connectivity index (χ0v) is 65.7. The molecule has 6 heteroatoms. The lowest BCUT2D eigenvalue weighted by molar-refractivity contribution is -0.0471. The van der Waals surface area contributed by atoms with Gasteiger partial charge in [0.25, 0.3) is 0 Å². The van der Waals surface area contributed by atoms with Crippen molar-refractivity contribution in [2.24, 2.45) is 94.7 Å². The molecular weight excluding hydrogens is 1130 g/mol. The quantitative estimate of drug-likeness (QED) is 0.287. The molecule has 0 aromatic heterocycles. The number of rotatable bonds is 2. The predicted octanol–water partition coefficient (Wildman–Crippen LogP) is 26.1. The molecular formula is C86H172O6. The summed E-state index contributed by atoms with van der Waals surface area (Å²) in [6.07, 6.45) is 59.0. The van der Waals surface area contributed by atoms with Gasteiger partial charge in [-0.1, -0.05) is 368 Å². The molecule has 0 aliphatic carbocycles. The predicted molar refractivity (Wildman–Crippen MR) is 405 cm³/mol. The fourth-order valence-corrected chi connectivity index (χ4v) is 15.4. The smallest absolute Gasteiger partial charge is 0.104 e. The average molecular weight is 1300 g/mol. The van der Waals surface area contributed by atoms with Crippen LogP contribution in [-0.2, 0) is 18.9 Å². The van der Waals surface area contributed by atoms with Gasteiger partial charge in [0, 0.05) is 26.4 Å². The molecule has 0 aromatic carbocycles. The summed E-state index contributed by atoms with van der Waals surface area (Å²) in [7, 11) is 0. The maximum atomic E-state index is 10.0. The van der Waals surface area contributed by atoms with E-state index in [-0.39, 0.29) is 25.4 Å². The van der Waals surface area contributed by atoms with Gasteiger partial charge in [-0.25, -0.2) is 0 Å². The van der Waals surface area contributed by atoms with Gasteiger partial charge < -0.3 is 29.2 Å². The molecule has 2 N–H and O–H groups in total. The summed E-state index contributed by atoms with van der Waals surface area (Å²) in [5, 5.41) is 20.1. The monoisotopic (exact) mass is 1300 g/mol. The molecule has 1 saturated heterocycles. The first-order valence-corrected chi connectivity index (χ1v) is 41.8. The molecule has 0 saturated carbocycles. The lowest BCUT2D eigenvalue weighted by atomic mass is 9.88. The topological polar surface area (TPSA) is 77.4 Å². The second-order valence-corrected chi connectivity index (χ2v) is 34.7. The summed E-state index contributed by atoms with van der Waals surface area (Å²) in [5.41, 5.74) is 0. The first-order chi connectivity index (χ1) is 44.2. The van der Waals surface area contributed by atoms with E-state index < -0.39 is 0 Å². The fourth-order valence-electron chi connectivity index (χ4n) is 15.4. The average Bonchev–Trinajstić information content (AvgIpc) is 3.72. The van der Waals surface area contributed by atoms with Gasteiger partial charge >= 0.3 is 0 Å². The maximum absolute atomic E-state index is 10.0. The van der Waals surface area contributed by atoms with Gasteiger partial charge in [-0.2, -0.15) is 0 Å². The van der Waals surface area contributed by atoms with Crippen LogP contribution in [0.15, 0.2) is 0 Å². The number of hydrogen-bond donors (Lipinski definition) is 2. The highest BCUT2D eigenvalue weighted by Crippen LogP contribution is 2.31. The van der Waals surface area contributed by atoms with Crippen molar-refractivity contribution in [3.05, 3.63) is 0 Å². The van der Waals surface area contributed by atoms with Gasteiger partial charge in [-0.05, 0) is 120 Å². The van der Waals surface area contributed by atoms with Crippen molar-refractivity contribution < 1.29 is 29.2 Å². The number of hydrogen-bond acceptors (Lipinski definition) is 6. The van der Waals surface area contributed by atoms with E-state index in [9.17, 15) is 10.2 Å². The summed E-state index contributed by atoms with van der Waals surface area (Å²) >= 11 is 0. The van der Waals surface area contributed by atoms with E-state index in [1.807, 2.05) is 0 Å². The fraction of sp³-hybridized carbons (Fsp3) is 1.00. The van der Waals surface area contributed by atoms with Crippen molar-refractivity contribution in [3.8, 4) is 0 Å². The molecule has 552 valence electrons. The van der Waals surface area contributed by atoms with E-state index in [2.05, 4.69) is 111 Å². The van der Waals surface area contributed by atoms with Crippen LogP contribution in [0.25, 0.3) is 0 Å². The Morgan fingerprint density at radius 1 is 0.185 bits per heavy atom. The molecule has 1 rings (SSSR count). The Kier molecular flexibility index (Phi) is 59.2. The summed E-state index contributed by atoms with van der Waals surface area (Å²) in [6.45, 7) is 43.7. The molecule has 1 aliphatic rings. The Hall–Kier alpha value is -0.240. The summed E-state index contributed by atoms with van der Waals surface area (Å²) in [5.74, 6) is 12.9. The molecule has 18 atom stereocenters. The highest BCUT2D eigenvalue weighted by Gasteiger charge is 2.18. The lowest BCUT2D eigenvalue weighted by Crippen LogP contribution is -2.25. The molecule has 0 radical (unpaired) electrons. The normalized spacial score (nSPS) is 36.1. The maximum Gasteiger partial charge on any atom is 0.104 e. The molecule has 1 aliphatic heterocycles. The third kappa shape index (κ3) is 56.6. The van der Waals surface area contributed by atoms with Crippen molar-refractivity contribution in [1.29, 1.82) is 0 Å². The third-order valence-corrected chi connectivity index (χ3v) is 23.5. The van der Waals surface area contributed by atoms with Crippen LogP contribution in [0.2, 0.25) is 0 Å². The van der Waals surface area contributed by atoms with Crippen molar-refractivity contribution in [1.82, 2.24) is 0 Å². The first-order valence-electron chi connectivity index (χ1n) is 41.8. The molecule has 0 aromatic rings. The Morgan fingerprint density at radius 2 is 0.315 bits per heavy atom. The van der Waals surface area contributed by atoms with Gasteiger partial charge in [0.05, 0.1) is 26.4 Å². The van der Waals surface area contributed by atoms with E-state index in [1.165, 1.54) is 257 Å². The van der Waals surface area contributed by atoms with Crippen LogP contribution < -0.4 is 0 Å². The van der Waals surface area contributed by atoms with Gasteiger partial charge in [0.1, 0.15) is 12.2 Å². The van der Waals surface area contributed by atoms with Crippen LogP contribution in [0, 0.1) is 94.7 Å². The highest BCUT2D eigenvalue weighted by molar-refractivity contribution is 4.70. The minimum absolute atomic E-state index is 0.0415. The Bertz CT molecular complexity index is 1410. The van der Waals surface area contributed by atoms with Crippen molar-refractivity contribution in [2.45, 2.75) is 406 Å². The number of aliphatic hydroxyl groups excluding tert-OH is 2. The van der Waals surface area contributed by atoms with Gasteiger partial charge in [0.2, 0.25) is 0 Å². The van der Waals surface area contributed by atoms with Crippen LogP contribution in [0.3, 0.4) is 0 Å². The second kappa shape index (κ2) is 60.7. The third-order valence-electron chi connectivity index (χ3n) is 23.5. The molecule has 1 heterocycles. The van der Waals surface area contributed by atoms with Crippen molar-refractivity contribution in [3.63, 3.8) is 0 Å². The Balaban J connectivity index is 2.51. The molecule has 0 amide bonds. The van der Waals surface area contributed by atoms with Gasteiger partial charge in [-0.15, -0.1) is 0 Å². The highest BCUT2D eigenvalue weighted by atomic mass is 16.5. The van der Waals surface area contributed by atoms with Crippen LogP contribution in [0.1, 0.15) is 393 Å². The van der Waals surface area contributed by atoms with Crippen molar-refractivity contribution >= 4 is 0 Å². The van der Waals surface area contributed by atoms with E-state index in [1.54, 1.807) is 0 Å². The van der Waals surface area contributed by atoms with Crippen molar-refractivity contribution in [2.75, 3.05) is 52.9 Å². The Labute approximate surface area is 579 Å². The van der Waals surface area contributed by atoms with Crippen LogP contribution in [0.5, 0.6) is 0 Å². The minimum atomic E-state index is -0.203. The van der Waals surface area contributed by atoms with Crippen LogP contribution in [-0.4, -0.2) is 75.3 Å². The molecule has 92 heavy (non-hydrogen) atoms. The van der Waals surface area contributed by atoms with Crippen LogP contribution in [0.4, 0.5) is 0 Å². The van der Waals surface area contributed by atoms with E-state index in [0.29, 0.717) is 36.9 Å². The number of ether oxygens (including phenoxy) is 4. The Morgan fingerprint density at radius 3 is 0.467 bits per heavy atom.